The lowest BCUT2D eigenvalue weighted by Gasteiger charge is -2.24. The van der Waals surface area contributed by atoms with Crippen molar-refractivity contribution in [2.24, 2.45) is 0 Å². The zero-order valence-corrected chi connectivity index (χ0v) is 11.3. The van der Waals surface area contributed by atoms with Crippen molar-refractivity contribution >= 4 is 22.8 Å². The van der Waals surface area contributed by atoms with Crippen molar-refractivity contribution in [2.75, 3.05) is 10.6 Å². The van der Waals surface area contributed by atoms with Crippen LogP contribution in [0.1, 0.15) is 23.3 Å². The quantitative estimate of drug-likeness (QED) is 0.916. The molecule has 0 amide bonds. The number of hydrogen-bond acceptors (Lipinski definition) is 4. The molecule has 0 spiro atoms. The van der Waals surface area contributed by atoms with Gasteiger partial charge in [-0.1, -0.05) is 6.07 Å². The van der Waals surface area contributed by atoms with Crippen molar-refractivity contribution in [1.29, 1.82) is 0 Å². The third-order valence-electron chi connectivity index (χ3n) is 3.20. The highest BCUT2D eigenvalue weighted by Crippen LogP contribution is 2.35. The van der Waals surface area contributed by atoms with E-state index in [1.807, 2.05) is 19.2 Å². The van der Waals surface area contributed by atoms with Crippen LogP contribution in [0.15, 0.2) is 29.8 Å². The summed E-state index contributed by atoms with van der Waals surface area (Å²) in [4.78, 5) is 8.24. The second-order valence-electron chi connectivity index (χ2n) is 4.86. The highest BCUT2D eigenvalue weighted by atomic mass is 32.1. The van der Waals surface area contributed by atoms with Gasteiger partial charge in [0, 0.05) is 17.1 Å². The van der Waals surface area contributed by atoms with Gasteiger partial charge in [0.25, 0.3) is 0 Å². The molecule has 0 aliphatic heterocycles. The van der Waals surface area contributed by atoms with Crippen LogP contribution >= 0.6 is 11.3 Å². The minimum Gasteiger partial charge on any atom is -0.396 e. The Morgan fingerprint density at radius 1 is 1.50 bits per heavy atom. The Labute approximate surface area is 111 Å². The van der Waals surface area contributed by atoms with Crippen LogP contribution in [0.2, 0.25) is 0 Å². The van der Waals surface area contributed by atoms with Crippen LogP contribution in [0.3, 0.4) is 0 Å². The van der Waals surface area contributed by atoms with Crippen LogP contribution in [0.25, 0.3) is 0 Å². The monoisotopic (exact) mass is 259 g/mol. The number of nitrogen functional groups attached to an aromatic ring is 1. The van der Waals surface area contributed by atoms with E-state index in [1.54, 1.807) is 11.3 Å². The van der Waals surface area contributed by atoms with E-state index >= 15 is 0 Å². The number of aromatic nitrogens is 1. The van der Waals surface area contributed by atoms with E-state index in [9.17, 15) is 0 Å². The molecule has 94 valence electrons. The molecule has 0 radical (unpaired) electrons. The molecular weight excluding hydrogens is 242 g/mol. The third-order valence-corrected chi connectivity index (χ3v) is 4.06. The molecule has 18 heavy (non-hydrogen) atoms. The molecule has 0 unspecified atom stereocenters. The van der Waals surface area contributed by atoms with E-state index in [0.29, 0.717) is 6.04 Å². The van der Waals surface area contributed by atoms with Gasteiger partial charge in [0.15, 0.2) is 5.82 Å². The van der Waals surface area contributed by atoms with Gasteiger partial charge in [-0.25, -0.2) is 4.98 Å². The third kappa shape index (κ3) is 2.34. The molecule has 3 nitrogen and oxygen atoms in total. The summed E-state index contributed by atoms with van der Waals surface area (Å²) in [6.07, 6.45) is 4.40. The number of hydrogen-bond donors (Lipinski definition) is 1. The Balaban J connectivity index is 1.89. The maximum absolute atomic E-state index is 6.12. The van der Waals surface area contributed by atoms with Crippen LogP contribution in [0.4, 0.5) is 11.5 Å². The molecule has 4 heteroatoms. The van der Waals surface area contributed by atoms with Crippen molar-refractivity contribution in [2.45, 2.75) is 32.4 Å². The molecule has 0 bridgehead atoms. The Morgan fingerprint density at radius 2 is 2.33 bits per heavy atom. The molecule has 2 aromatic rings. The minimum absolute atomic E-state index is 0.615. The van der Waals surface area contributed by atoms with Gasteiger partial charge in [0.2, 0.25) is 0 Å². The van der Waals surface area contributed by atoms with E-state index in [1.165, 1.54) is 17.7 Å². The van der Waals surface area contributed by atoms with Crippen molar-refractivity contribution in [3.63, 3.8) is 0 Å². The van der Waals surface area contributed by atoms with Gasteiger partial charge in [-0.05, 0) is 42.8 Å². The lowest BCUT2D eigenvalue weighted by molar-refractivity contribution is 0.788. The summed E-state index contributed by atoms with van der Waals surface area (Å²) in [6, 6.07) is 6.89. The summed E-state index contributed by atoms with van der Waals surface area (Å²) < 4.78 is 0. The van der Waals surface area contributed by atoms with E-state index in [2.05, 4.69) is 27.4 Å². The topological polar surface area (TPSA) is 42.2 Å². The average molecular weight is 259 g/mol. The van der Waals surface area contributed by atoms with E-state index in [4.69, 9.17) is 5.73 Å². The van der Waals surface area contributed by atoms with Crippen molar-refractivity contribution in [1.82, 2.24) is 4.98 Å². The van der Waals surface area contributed by atoms with Crippen LogP contribution in [-0.4, -0.2) is 11.0 Å². The van der Waals surface area contributed by atoms with Gasteiger partial charge >= 0.3 is 0 Å². The molecule has 3 rings (SSSR count). The lowest BCUT2D eigenvalue weighted by Crippen LogP contribution is -2.26. The summed E-state index contributed by atoms with van der Waals surface area (Å²) in [5.41, 5.74) is 8.02. The summed E-state index contributed by atoms with van der Waals surface area (Å²) in [5, 5.41) is 2.12. The summed E-state index contributed by atoms with van der Waals surface area (Å²) in [7, 11) is 0. The highest BCUT2D eigenvalue weighted by molar-refractivity contribution is 7.09. The van der Waals surface area contributed by atoms with Crippen LogP contribution in [0.5, 0.6) is 0 Å². The number of anilines is 2. The van der Waals surface area contributed by atoms with Crippen molar-refractivity contribution in [3.05, 3.63) is 40.2 Å². The number of nitrogens with zero attached hydrogens (tertiary/aromatic N) is 2. The molecule has 2 heterocycles. The first-order chi connectivity index (χ1) is 8.74. The molecule has 1 saturated carbocycles. The Hall–Kier alpha value is -1.55. The fraction of sp³-hybridized carbons (Fsp3) is 0.357. The molecule has 1 aliphatic rings. The Kier molecular flexibility index (Phi) is 2.96. The average Bonchev–Trinajstić information content (AvgIpc) is 3.05. The number of pyridine rings is 1. The zero-order chi connectivity index (χ0) is 12.5. The molecule has 1 fully saturated rings. The van der Waals surface area contributed by atoms with Gasteiger partial charge in [0.1, 0.15) is 0 Å². The predicted molar refractivity (Wildman–Crippen MR) is 76.9 cm³/mol. The Bertz CT molecular complexity index is 532. The van der Waals surface area contributed by atoms with Gasteiger partial charge in [-0.15, -0.1) is 11.3 Å². The molecule has 0 saturated heterocycles. The van der Waals surface area contributed by atoms with Gasteiger partial charge in [0.05, 0.1) is 12.2 Å². The SMILES string of the molecule is Cc1cnc(N(Cc2cccs2)C2CC2)c(N)c1. The van der Waals surface area contributed by atoms with Crippen LogP contribution in [-0.2, 0) is 6.54 Å². The number of thiophene rings is 1. The molecule has 2 N–H and O–H groups in total. The van der Waals surface area contributed by atoms with Gasteiger partial charge in [-0.3, -0.25) is 0 Å². The summed E-state index contributed by atoms with van der Waals surface area (Å²) >= 11 is 1.79. The first-order valence-corrected chi connectivity index (χ1v) is 7.13. The molecule has 0 aromatic carbocycles. The number of rotatable bonds is 4. The second-order valence-corrected chi connectivity index (χ2v) is 5.90. The predicted octanol–water partition coefficient (Wildman–Crippen LogP) is 3.20. The largest absolute Gasteiger partial charge is 0.396 e. The fourth-order valence-corrected chi connectivity index (χ4v) is 2.86. The lowest BCUT2D eigenvalue weighted by atomic mass is 10.2. The van der Waals surface area contributed by atoms with Crippen LogP contribution in [0, 0.1) is 6.92 Å². The van der Waals surface area contributed by atoms with Gasteiger partial charge in [-0.2, -0.15) is 0 Å². The molecular formula is C14H17N3S. The Morgan fingerprint density at radius 3 is 2.94 bits per heavy atom. The summed E-state index contributed by atoms with van der Waals surface area (Å²) in [5.74, 6) is 0.941. The standard InChI is InChI=1S/C14H17N3S/c1-10-7-13(15)14(16-8-10)17(11-4-5-11)9-12-3-2-6-18-12/h2-3,6-8,11H,4-5,9,15H2,1H3. The number of aryl methyl sites for hydroxylation is 1. The van der Waals surface area contributed by atoms with Crippen molar-refractivity contribution < 1.29 is 0 Å². The van der Waals surface area contributed by atoms with E-state index in [-0.39, 0.29) is 0 Å². The number of nitrogens with two attached hydrogens (primary N) is 1. The van der Waals surface area contributed by atoms with E-state index < -0.39 is 0 Å². The van der Waals surface area contributed by atoms with E-state index in [0.717, 1.165) is 23.6 Å². The molecule has 0 atom stereocenters. The first kappa shape index (κ1) is 11.5. The van der Waals surface area contributed by atoms with Crippen LogP contribution < -0.4 is 10.6 Å². The maximum Gasteiger partial charge on any atom is 0.152 e. The maximum atomic E-state index is 6.12. The second kappa shape index (κ2) is 4.61. The fourth-order valence-electron chi connectivity index (χ4n) is 2.16. The first-order valence-electron chi connectivity index (χ1n) is 6.25. The van der Waals surface area contributed by atoms with Crippen molar-refractivity contribution in [3.8, 4) is 0 Å². The molecule has 2 aromatic heterocycles. The smallest absolute Gasteiger partial charge is 0.152 e. The highest BCUT2D eigenvalue weighted by Gasteiger charge is 2.31. The van der Waals surface area contributed by atoms with Gasteiger partial charge < -0.3 is 10.6 Å². The minimum atomic E-state index is 0.615. The normalized spacial score (nSPS) is 14.7. The summed E-state index contributed by atoms with van der Waals surface area (Å²) in [6.45, 7) is 2.94. The zero-order valence-electron chi connectivity index (χ0n) is 10.5. The molecule has 1 aliphatic carbocycles.